The number of aryl methyl sites for hydroxylation is 1. The van der Waals surface area contributed by atoms with E-state index in [0.717, 1.165) is 0 Å². The molecule has 4 rings (SSSR count). The van der Waals surface area contributed by atoms with Crippen molar-refractivity contribution in [2.45, 2.75) is 37.9 Å². The highest BCUT2D eigenvalue weighted by Gasteiger charge is 2.41. The van der Waals surface area contributed by atoms with Crippen LogP contribution in [0.2, 0.25) is 10.0 Å². The maximum absolute atomic E-state index is 13.0. The van der Waals surface area contributed by atoms with Gasteiger partial charge in [-0.25, -0.2) is 4.98 Å². The lowest BCUT2D eigenvalue weighted by Gasteiger charge is -2.30. The lowest BCUT2D eigenvalue weighted by molar-refractivity contribution is -0.182. The molecule has 6 nitrogen and oxygen atoms in total. The highest BCUT2D eigenvalue weighted by Crippen LogP contribution is 2.38. The number of carbonyl (C=O) groups is 1. The number of aromatic nitrogens is 2. The van der Waals surface area contributed by atoms with Crippen LogP contribution in [0.4, 0.5) is 24.8 Å². The fourth-order valence-electron chi connectivity index (χ4n) is 4.23. The summed E-state index contributed by atoms with van der Waals surface area (Å²) in [5, 5.41) is 6.83. The van der Waals surface area contributed by atoms with Crippen LogP contribution in [-0.2, 0) is 7.05 Å². The standard InChI is InChI=1S/C23H23Cl2F3N4O2/c1-32-18-11-19(34-2)14(21(33)29-13-8-6-12(7-9-13)23(26,27)28)10-17(18)30-22(32)31-20-15(24)4-3-5-16(20)25/h3-5,10-13H,6-9H2,1-2H3,(H,29,33)(H,30,31). The molecule has 1 heterocycles. The van der Waals surface area contributed by atoms with E-state index < -0.39 is 18.0 Å². The van der Waals surface area contributed by atoms with Gasteiger partial charge in [-0.1, -0.05) is 29.3 Å². The minimum Gasteiger partial charge on any atom is -0.496 e. The van der Waals surface area contributed by atoms with Crippen molar-refractivity contribution < 1.29 is 22.7 Å². The summed E-state index contributed by atoms with van der Waals surface area (Å²) in [6, 6.07) is 8.10. The van der Waals surface area contributed by atoms with E-state index in [2.05, 4.69) is 15.6 Å². The van der Waals surface area contributed by atoms with Crippen molar-refractivity contribution in [3.63, 3.8) is 0 Å². The van der Waals surface area contributed by atoms with Crippen LogP contribution in [0.3, 0.4) is 0 Å². The van der Waals surface area contributed by atoms with E-state index >= 15 is 0 Å². The van der Waals surface area contributed by atoms with E-state index in [1.807, 2.05) is 0 Å². The third-order valence-corrected chi connectivity index (χ3v) is 6.80. The molecule has 1 amide bonds. The molecule has 0 unspecified atom stereocenters. The zero-order valence-corrected chi connectivity index (χ0v) is 20.0. The molecule has 0 saturated heterocycles. The van der Waals surface area contributed by atoms with Gasteiger partial charge in [0.25, 0.3) is 5.91 Å². The molecule has 0 bridgehead atoms. The second-order valence-electron chi connectivity index (χ2n) is 8.32. The van der Waals surface area contributed by atoms with Gasteiger partial charge in [-0.3, -0.25) is 4.79 Å². The molecule has 2 aromatic carbocycles. The van der Waals surface area contributed by atoms with E-state index in [-0.39, 0.29) is 37.3 Å². The van der Waals surface area contributed by atoms with Crippen LogP contribution in [0.25, 0.3) is 11.0 Å². The van der Waals surface area contributed by atoms with Gasteiger partial charge in [0.15, 0.2) is 0 Å². The van der Waals surface area contributed by atoms with Gasteiger partial charge in [-0.05, 0) is 43.9 Å². The number of anilines is 2. The number of carbonyl (C=O) groups excluding carboxylic acids is 1. The van der Waals surface area contributed by atoms with Gasteiger partial charge >= 0.3 is 6.18 Å². The van der Waals surface area contributed by atoms with Crippen molar-refractivity contribution >= 4 is 51.8 Å². The molecule has 1 saturated carbocycles. The first-order valence-corrected chi connectivity index (χ1v) is 11.5. The van der Waals surface area contributed by atoms with Crippen LogP contribution in [0.15, 0.2) is 30.3 Å². The second-order valence-corrected chi connectivity index (χ2v) is 9.14. The number of ether oxygens (including phenoxy) is 1. The molecule has 0 spiro atoms. The van der Waals surface area contributed by atoms with Crippen LogP contribution in [0.5, 0.6) is 5.75 Å². The fourth-order valence-corrected chi connectivity index (χ4v) is 4.73. The van der Waals surface area contributed by atoms with Gasteiger partial charge in [0.05, 0.1) is 45.4 Å². The Bertz CT molecular complexity index is 1200. The zero-order valence-electron chi connectivity index (χ0n) is 18.5. The lowest BCUT2D eigenvalue weighted by atomic mass is 9.85. The summed E-state index contributed by atoms with van der Waals surface area (Å²) in [4.78, 5) is 17.6. The quantitative estimate of drug-likeness (QED) is 0.408. The molecule has 1 fully saturated rings. The molecule has 1 aromatic heterocycles. The number of benzene rings is 2. The summed E-state index contributed by atoms with van der Waals surface area (Å²) in [6.07, 6.45) is -3.63. The largest absolute Gasteiger partial charge is 0.496 e. The number of nitrogens with one attached hydrogen (secondary N) is 2. The number of hydrogen-bond acceptors (Lipinski definition) is 4. The van der Waals surface area contributed by atoms with E-state index in [0.29, 0.717) is 38.5 Å². The van der Waals surface area contributed by atoms with Gasteiger partial charge < -0.3 is 19.9 Å². The van der Waals surface area contributed by atoms with Crippen LogP contribution in [0, 0.1) is 5.92 Å². The SMILES string of the molecule is COc1cc2c(cc1C(=O)NC1CCC(C(F)(F)F)CC1)nc(Nc1c(Cl)cccc1Cl)n2C. The number of para-hydroxylation sites is 1. The molecule has 1 aliphatic rings. The van der Waals surface area contributed by atoms with Crippen molar-refractivity contribution in [1.82, 2.24) is 14.9 Å². The first kappa shape index (κ1) is 24.5. The number of halogens is 5. The van der Waals surface area contributed by atoms with Crippen molar-refractivity contribution in [3.8, 4) is 5.75 Å². The number of alkyl halides is 3. The molecular weight excluding hydrogens is 492 g/mol. The van der Waals surface area contributed by atoms with Crippen LogP contribution < -0.4 is 15.4 Å². The molecule has 2 N–H and O–H groups in total. The normalized spacial score (nSPS) is 18.7. The summed E-state index contributed by atoms with van der Waals surface area (Å²) in [6.45, 7) is 0. The number of imidazole rings is 1. The van der Waals surface area contributed by atoms with Crippen molar-refractivity contribution in [2.75, 3.05) is 12.4 Å². The smallest absolute Gasteiger partial charge is 0.391 e. The van der Waals surface area contributed by atoms with Crippen LogP contribution >= 0.6 is 23.2 Å². The zero-order chi connectivity index (χ0) is 24.6. The van der Waals surface area contributed by atoms with Gasteiger partial charge in [0.2, 0.25) is 5.95 Å². The fraction of sp³-hybridized carbons (Fsp3) is 0.391. The summed E-state index contributed by atoms with van der Waals surface area (Å²) >= 11 is 12.5. The highest BCUT2D eigenvalue weighted by atomic mass is 35.5. The molecule has 0 aliphatic heterocycles. The Hall–Kier alpha value is -2.65. The van der Waals surface area contributed by atoms with Crippen molar-refractivity contribution in [2.24, 2.45) is 13.0 Å². The summed E-state index contributed by atoms with van der Waals surface area (Å²) in [5.74, 6) is -0.935. The lowest BCUT2D eigenvalue weighted by Crippen LogP contribution is -2.40. The maximum Gasteiger partial charge on any atom is 0.391 e. The number of amides is 1. The third-order valence-electron chi connectivity index (χ3n) is 6.17. The minimum absolute atomic E-state index is 0.00446. The van der Waals surface area contributed by atoms with Crippen LogP contribution in [0.1, 0.15) is 36.0 Å². The molecule has 1 aliphatic carbocycles. The van der Waals surface area contributed by atoms with E-state index in [9.17, 15) is 18.0 Å². The Morgan fingerprint density at radius 1 is 1.15 bits per heavy atom. The van der Waals surface area contributed by atoms with Crippen molar-refractivity contribution in [1.29, 1.82) is 0 Å². The van der Waals surface area contributed by atoms with Gasteiger partial charge in [0.1, 0.15) is 5.75 Å². The number of fused-ring (bicyclic) bond motifs is 1. The minimum atomic E-state index is -4.19. The number of rotatable bonds is 5. The molecular formula is C23H23Cl2F3N4O2. The molecule has 34 heavy (non-hydrogen) atoms. The average molecular weight is 515 g/mol. The van der Waals surface area contributed by atoms with Crippen LogP contribution in [-0.4, -0.2) is 34.8 Å². The molecule has 3 aromatic rings. The number of methoxy groups -OCH3 is 1. The maximum atomic E-state index is 13.0. The predicted molar refractivity (Wildman–Crippen MR) is 126 cm³/mol. The Morgan fingerprint density at radius 2 is 1.79 bits per heavy atom. The Kier molecular flexibility index (Phi) is 6.87. The van der Waals surface area contributed by atoms with E-state index in [4.69, 9.17) is 27.9 Å². The first-order chi connectivity index (χ1) is 16.1. The Labute approximate surface area is 204 Å². The summed E-state index contributed by atoms with van der Waals surface area (Å²) < 4.78 is 46.0. The Morgan fingerprint density at radius 3 is 2.38 bits per heavy atom. The topological polar surface area (TPSA) is 68.2 Å². The van der Waals surface area contributed by atoms with Gasteiger partial charge in [-0.15, -0.1) is 0 Å². The highest BCUT2D eigenvalue weighted by molar-refractivity contribution is 6.39. The number of nitrogens with zero attached hydrogens (tertiary/aromatic N) is 2. The second kappa shape index (κ2) is 9.54. The summed E-state index contributed by atoms with van der Waals surface area (Å²) in [5.41, 5.74) is 1.99. The molecule has 182 valence electrons. The molecule has 0 atom stereocenters. The number of hydrogen-bond donors (Lipinski definition) is 2. The van der Waals surface area contributed by atoms with Gasteiger partial charge in [0, 0.05) is 19.2 Å². The third kappa shape index (κ3) is 4.90. The van der Waals surface area contributed by atoms with E-state index in [1.54, 1.807) is 41.9 Å². The van der Waals surface area contributed by atoms with Crippen molar-refractivity contribution in [3.05, 3.63) is 45.9 Å². The average Bonchev–Trinajstić information content (AvgIpc) is 3.09. The van der Waals surface area contributed by atoms with Gasteiger partial charge in [-0.2, -0.15) is 13.2 Å². The van der Waals surface area contributed by atoms with E-state index in [1.165, 1.54) is 7.11 Å². The monoisotopic (exact) mass is 514 g/mol. The Balaban J connectivity index is 1.57. The first-order valence-electron chi connectivity index (χ1n) is 10.7. The summed E-state index contributed by atoms with van der Waals surface area (Å²) in [7, 11) is 3.24. The molecule has 11 heteroatoms. The molecule has 0 radical (unpaired) electrons. The predicted octanol–water partition coefficient (Wildman–Crippen LogP) is 6.48.